The Morgan fingerprint density at radius 2 is 1.90 bits per heavy atom. The lowest BCUT2D eigenvalue weighted by atomic mass is 10.3. The molecule has 0 spiro atoms. The zero-order valence-corrected chi connectivity index (χ0v) is 5.20. The van der Waals surface area contributed by atoms with E-state index in [2.05, 4.69) is 4.98 Å². The largest absolute Gasteiger partial charge is 0.503 e. The second-order valence-corrected chi connectivity index (χ2v) is 1.86. The molecule has 5 heteroatoms. The molecule has 0 amide bonds. The minimum atomic E-state index is -0.250. The summed E-state index contributed by atoms with van der Waals surface area (Å²) >= 11 is 0. The molecule has 0 unspecified atom stereocenters. The summed E-state index contributed by atoms with van der Waals surface area (Å²) in [5.41, 5.74) is 16.1. The monoisotopic (exact) mass is 140 g/mol. The van der Waals surface area contributed by atoms with Crippen molar-refractivity contribution in [3.05, 3.63) is 6.20 Å². The van der Waals surface area contributed by atoms with Crippen molar-refractivity contribution in [2.24, 2.45) is 0 Å². The van der Waals surface area contributed by atoms with Gasteiger partial charge in [0.15, 0.2) is 11.6 Å². The highest BCUT2D eigenvalue weighted by molar-refractivity contribution is 5.74. The van der Waals surface area contributed by atoms with Crippen LogP contribution in [0, 0.1) is 0 Å². The fourth-order valence-corrected chi connectivity index (χ4v) is 0.544. The third kappa shape index (κ3) is 0.771. The van der Waals surface area contributed by atoms with E-state index in [-0.39, 0.29) is 22.9 Å². The first-order valence-corrected chi connectivity index (χ1v) is 2.61. The van der Waals surface area contributed by atoms with Crippen LogP contribution in [0.2, 0.25) is 0 Å². The number of nitrogens with two attached hydrogens (primary N) is 3. The maximum absolute atomic E-state index is 8.99. The molecule has 0 radical (unpaired) electrons. The third-order valence-electron chi connectivity index (χ3n) is 1.15. The highest BCUT2D eigenvalue weighted by Crippen LogP contribution is 2.29. The molecule has 0 bridgehead atoms. The Kier molecular flexibility index (Phi) is 1.26. The zero-order chi connectivity index (χ0) is 7.72. The SMILES string of the molecule is Nc1cnc(N)c(O)c1N. The summed E-state index contributed by atoms with van der Waals surface area (Å²) in [5.74, 6) is -0.258. The standard InChI is InChI=1S/C5H8N4O/c6-2-1-9-5(8)4(10)3(2)7/h1,10H,6H2,(H4,7,8,9). The molecule has 1 heterocycles. The first-order chi connectivity index (χ1) is 4.63. The van der Waals surface area contributed by atoms with Crippen molar-refractivity contribution >= 4 is 17.2 Å². The van der Waals surface area contributed by atoms with E-state index in [9.17, 15) is 0 Å². The van der Waals surface area contributed by atoms with Crippen molar-refractivity contribution < 1.29 is 5.11 Å². The summed E-state index contributed by atoms with van der Waals surface area (Å²) in [7, 11) is 0. The van der Waals surface area contributed by atoms with Crippen LogP contribution in [0.5, 0.6) is 5.75 Å². The highest BCUT2D eigenvalue weighted by Gasteiger charge is 2.04. The lowest BCUT2D eigenvalue weighted by Gasteiger charge is -2.02. The number of pyridine rings is 1. The molecule has 0 aliphatic heterocycles. The van der Waals surface area contributed by atoms with Gasteiger partial charge in [-0.05, 0) is 0 Å². The van der Waals surface area contributed by atoms with Gasteiger partial charge in [-0.25, -0.2) is 4.98 Å². The molecule has 0 saturated carbocycles. The van der Waals surface area contributed by atoms with Crippen LogP contribution >= 0.6 is 0 Å². The number of hydrogen-bond acceptors (Lipinski definition) is 5. The first kappa shape index (κ1) is 6.47. The fourth-order valence-electron chi connectivity index (χ4n) is 0.544. The summed E-state index contributed by atoms with van der Waals surface area (Å²) in [5, 5.41) is 8.99. The van der Waals surface area contributed by atoms with Gasteiger partial charge in [-0.15, -0.1) is 0 Å². The average Bonchev–Trinajstić information content (AvgIpc) is 1.93. The Morgan fingerprint density at radius 1 is 1.30 bits per heavy atom. The number of nitrogen functional groups attached to an aromatic ring is 3. The quantitative estimate of drug-likeness (QED) is 0.389. The van der Waals surface area contributed by atoms with Crippen LogP contribution in [0.4, 0.5) is 17.2 Å². The van der Waals surface area contributed by atoms with Crippen molar-refractivity contribution in [2.75, 3.05) is 17.2 Å². The number of anilines is 3. The molecule has 0 aliphatic carbocycles. The number of rotatable bonds is 0. The third-order valence-corrected chi connectivity index (χ3v) is 1.15. The van der Waals surface area contributed by atoms with Crippen LogP contribution in [0.15, 0.2) is 6.20 Å². The van der Waals surface area contributed by atoms with E-state index in [4.69, 9.17) is 22.3 Å². The molecule has 1 aromatic heterocycles. The molecule has 0 saturated heterocycles. The van der Waals surface area contributed by atoms with E-state index in [0.29, 0.717) is 0 Å². The van der Waals surface area contributed by atoms with Gasteiger partial charge in [0.1, 0.15) is 5.69 Å². The Hall–Kier alpha value is -1.65. The normalized spacial score (nSPS) is 9.60. The zero-order valence-electron chi connectivity index (χ0n) is 5.20. The summed E-state index contributed by atoms with van der Waals surface area (Å²) < 4.78 is 0. The van der Waals surface area contributed by atoms with Crippen molar-refractivity contribution in [1.29, 1.82) is 0 Å². The van der Waals surface area contributed by atoms with Gasteiger partial charge in [-0.2, -0.15) is 0 Å². The van der Waals surface area contributed by atoms with Crippen molar-refractivity contribution in [3.63, 3.8) is 0 Å². The van der Waals surface area contributed by atoms with E-state index in [1.54, 1.807) is 0 Å². The molecule has 1 rings (SSSR count). The molecule has 10 heavy (non-hydrogen) atoms. The first-order valence-electron chi connectivity index (χ1n) is 2.61. The maximum atomic E-state index is 8.99. The summed E-state index contributed by atoms with van der Waals surface area (Å²) in [6, 6.07) is 0. The molecule has 7 N–H and O–H groups in total. The van der Waals surface area contributed by atoms with E-state index in [1.807, 2.05) is 0 Å². The van der Waals surface area contributed by atoms with E-state index in [1.165, 1.54) is 6.20 Å². The van der Waals surface area contributed by atoms with Gasteiger partial charge in [0.2, 0.25) is 0 Å². The number of hydrogen-bond donors (Lipinski definition) is 4. The molecule has 0 aliphatic rings. The van der Waals surface area contributed by atoms with Gasteiger partial charge >= 0.3 is 0 Å². The number of aromatic hydroxyl groups is 1. The topological polar surface area (TPSA) is 111 Å². The van der Waals surface area contributed by atoms with E-state index < -0.39 is 0 Å². The van der Waals surface area contributed by atoms with Gasteiger partial charge in [0.05, 0.1) is 11.9 Å². The van der Waals surface area contributed by atoms with Crippen molar-refractivity contribution in [1.82, 2.24) is 4.98 Å². The lowest BCUT2D eigenvalue weighted by molar-refractivity contribution is 0.479. The summed E-state index contributed by atoms with van der Waals surface area (Å²) in [6.07, 6.45) is 1.30. The van der Waals surface area contributed by atoms with E-state index in [0.717, 1.165) is 0 Å². The van der Waals surface area contributed by atoms with Crippen LogP contribution in [-0.2, 0) is 0 Å². The predicted molar refractivity (Wildman–Crippen MR) is 39.1 cm³/mol. The average molecular weight is 140 g/mol. The number of aromatic nitrogens is 1. The summed E-state index contributed by atoms with van der Waals surface area (Å²) in [4.78, 5) is 3.56. The van der Waals surface area contributed by atoms with Crippen LogP contribution in [0.1, 0.15) is 0 Å². The van der Waals surface area contributed by atoms with Crippen LogP contribution in [0.3, 0.4) is 0 Å². The van der Waals surface area contributed by atoms with Gasteiger partial charge in [0.25, 0.3) is 0 Å². The van der Waals surface area contributed by atoms with Crippen LogP contribution in [0.25, 0.3) is 0 Å². The predicted octanol–water partition coefficient (Wildman–Crippen LogP) is -0.466. The Bertz CT molecular complexity index is 233. The van der Waals surface area contributed by atoms with E-state index >= 15 is 0 Å². The van der Waals surface area contributed by atoms with Gasteiger partial charge in [-0.1, -0.05) is 0 Å². The molecule has 0 atom stereocenters. The molecule has 1 aromatic rings. The highest BCUT2D eigenvalue weighted by atomic mass is 16.3. The second kappa shape index (κ2) is 1.94. The van der Waals surface area contributed by atoms with Crippen LogP contribution < -0.4 is 17.2 Å². The minimum absolute atomic E-state index is 0.00769. The summed E-state index contributed by atoms with van der Waals surface area (Å²) in [6.45, 7) is 0. The molecule has 54 valence electrons. The van der Waals surface area contributed by atoms with Crippen molar-refractivity contribution in [3.8, 4) is 5.75 Å². The second-order valence-electron chi connectivity index (χ2n) is 1.86. The fraction of sp³-hybridized carbons (Fsp3) is 0. The lowest BCUT2D eigenvalue weighted by Crippen LogP contribution is -1.99. The van der Waals surface area contributed by atoms with Crippen molar-refractivity contribution in [2.45, 2.75) is 0 Å². The van der Waals surface area contributed by atoms with Crippen LogP contribution in [-0.4, -0.2) is 10.1 Å². The van der Waals surface area contributed by atoms with Gasteiger partial charge in [-0.3, -0.25) is 0 Å². The molecule has 0 aromatic carbocycles. The molecule has 0 fully saturated rings. The smallest absolute Gasteiger partial charge is 0.183 e. The van der Waals surface area contributed by atoms with Gasteiger partial charge < -0.3 is 22.3 Å². The maximum Gasteiger partial charge on any atom is 0.183 e. The molecular weight excluding hydrogens is 132 g/mol. The molecule has 5 nitrogen and oxygen atoms in total. The Labute approximate surface area is 57.5 Å². The Morgan fingerprint density at radius 3 is 2.40 bits per heavy atom. The number of nitrogens with zero attached hydrogens (tertiary/aromatic N) is 1. The van der Waals surface area contributed by atoms with Gasteiger partial charge in [0, 0.05) is 0 Å². The Balaban J connectivity index is 3.34. The molecular formula is C5H8N4O. The minimum Gasteiger partial charge on any atom is -0.503 e.